The second kappa shape index (κ2) is 5.51. The number of hydrogen-bond donors (Lipinski definition) is 0. The molecule has 0 saturated carbocycles. The molecule has 0 aliphatic carbocycles. The first-order chi connectivity index (χ1) is 8.10. The number of rotatable bonds is 3. The molecule has 0 spiro atoms. The molecule has 1 aromatic rings. The highest BCUT2D eigenvalue weighted by atomic mass is 79.9. The molecule has 1 nitrogen and oxygen atoms in total. The summed E-state index contributed by atoms with van der Waals surface area (Å²) >= 11 is 2.55. The molecule has 0 aliphatic rings. The fourth-order valence-electron chi connectivity index (χ4n) is 1.32. The lowest BCUT2D eigenvalue weighted by atomic mass is 9.87. The van der Waals surface area contributed by atoms with Gasteiger partial charge in [-0.3, -0.25) is 0 Å². The van der Waals surface area contributed by atoms with E-state index in [0.29, 0.717) is 5.75 Å². The summed E-state index contributed by atoms with van der Waals surface area (Å²) in [5.74, 6) is 0.441. The summed E-state index contributed by atoms with van der Waals surface area (Å²) in [7, 11) is 0. The Morgan fingerprint density at radius 2 is 1.61 bits per heavy atom. The fourth-order valence-corrected chi connectivity index (χ4v) is 1.45. The van der Waals surface area contributed by atoms with Crippen LogP contribution in [0.25, 0.3) is 0 Å². The van der Waals surface area contributed by atoms with Crippen molar-refractivity contribution in [1.82, 2.24) is 0 Å². The summed E-state index contributed by atoms with van der Waals surface area (Å²) in [6.07, 6.45) is -4.29. The Hall–Kier alpha value is -0.710. The molecule has 0 bridgehead atoms. The first kappa shape index (κ1) is 15.3. The first-order valence-corrected chi connectivity index (χ1v) is 6.46. The standard InChI is InChI=1S/C13H16BrF3O/c1-12(2,3)9-4-6-10(7-5-9)18-8-11(14)13(15,16)17/h4-7,11H,8H2,1-3H3. The molecule has 0 aromatic heterocycles. The Balaban J connectivity index is 2.60. The van der Waals surface area contributed by atoms with Gasteiger partial charge in [0.15, 0.2) is 0 Å². The number of ether oxygens (including phenoxy) is 1. The normalized spacial score (nSPS) is 14.4. The van der Waals surface area contributed by atoms with Crippen LogP contribution in [0.4, 0.5) is 13.2 Å². The van der Waals surface area contributed by atoms with Crippen molar-refractivity contribution < 1.29 is 17.9 Å². The predicted octanol–water partition coefficient (Wildman–Crippen LogP) is 4.69. The third-order valence-electron chi connectivity index (χ3n) is 2.47. The molecule has 18 heavy (non-hydrogen) atoms. The van der Waals surface area contributed by atoms with Gasteiger partial charge in [-0.1, -0.05) is 48.8 Å². The van der Waals surface area contributed by atoms with Gasteiger partial charge in [0.1, 0.15) is 17.2 Å². The summed E-state index contributed by atoms with van der Waals surface area (Å²) in [6, 6.07) is 7.12. The van der Waals surface area contributed by atoms with Crippen LogP contribution in [0.3, 0.4) is 0 Å². The molecule has 1 unspecified atom stereocenters. The molecule has 1 aromatic carbocycles. The molecule has 0 N–H and O–H groups in total. The maximum absolute atomic E-state index is 12.2. The second-order valence-corrected chi connectivity index (χ2v) is 6.20. The third-order valence-corrected chi connectivity index (χ3v) is 3.26. The monoisotopic (exact) mass is 324 g/mol. The van der Waals surface area contributed by atoms with E-state index in [4.69, 9.17) is 4.74 Å². The van der Waals surface area contributed by atoms with Crippen LogP contribution < -0.4 is 4.74 Å². The Kier molecular flexibility index (Phi) is 4.70. The predicted molar refractivity (Wildman–Crippen MR) is 69.4 cm³/mol. The highest BCUT2D eigenvalue weighted by molar-refractivity contribution is 9.09. The Labute approximate surface area is 113 Å². The number of hydrogen-bond acceptors (Lipinski definition) is 1. The van der Waals surface area contributed by atoms with Crippen LogP contribution in [0.2, 0.25) is 0 Å². The van der Waals surface area contributed by atoms with Crippen LogP contribution in [-0.4, -0.2) is 17.6 Å². The van der Waals surface area contributed by atoms with Gasteiger partial charge < -0.3 is 4.74 Å². The number of halogens is 4. The second-order valence-electron chi connectivity index (χ2n) is 5.09. The zero-order valence-corrected chi connectivity index (χ0v) is 12.1. The van der Waals surface area contributed by atoms with E-state index in [9.17, 15) is 13.2 Å². The van der Waals surface area contributed by atoms with Gasteiger partial charge in [-0.2, -0.15) is 13.2 Å². The summed E-state index contributed by atoms with van der Waals surface area (Å²) in [4.78, 5) is -1.65. The topological polar surface area (TPSA) is 9.23 Å². The molecule has 1 atom stereocenters. The maximum atomic E-state index is 12.2. The molecule has 1 rings (SSSR count). The van der Waals surface area contributed by atoms with Crippen molar-refractivity contribution >= 4 is 15.9 Å². The van der Waals surface area contributed by atoms with Gasteiger partial charge in [0.05, 0.1) is 0 Å². The average molecular weight is 325 g/mol. The first-order valence-electron chi connectivity index (χ1n) is 5.55. The van der Waals surface area contributed by atoms with E-state index in [0.717, 1.165) is 5.56 Å². The summed E-state index contributed by atoms with van der Waals surface area (Å²) in [5.41, 5.74) is 1.13. The minimum absolute atomic E-state index is 0.0163. The van der Waals surface area contributed by atoms with E-state index < -0.39 is 17.6 Å². The van der Waals surface area contributed by atoms with Crippen LogP contribution >= 0.6 is 15.9 Å². The van der Waals surface area contributed by atoms with E-state index in [1.807, 2.05) is 12.1 Å². The van der Waals surface area contributed by atoms with Gasteiger partial charge in [-0.05, 0) is 23.1 Å². The van der Waals surface area contributed by atoms with Gasteiger partial charge >= 0.3 is 6.18 Å². The lowest BCUT2D eigenvalue weighted by molar-refractivity contribution is -0.132. The van der Waals surface area contributed by atoms with Crippen LogP contribution in [0.5, 0.6) is 5.75 Å². The van der Waals surface area contributed by atoms with Crippen molar-refractivity contribution in [2.75, 3.05) is 6.61 Å². The molecule has 5 heteroatoms. The molecular weight excluding hydrogens is 309 g/mol. The Bertz CT molecular complexity index is 379. The van der Waals surface area contributed by atoms with E-state index in [2.05, 4.69) is 36.7 Å². The minimum Gasteiger partial charge on any atom is -0.492 e. The molecule has 0 radical (unpaired) electrons. The summed E-state index contributed by atoms with van der Waals surface area (Å²) < 4.78 is 41.8. The van der Waals surface area contributed by atoms with Crippen molar-refractivity contribution in [3.8, 4) is 5.75 Å². The summed E-state index contributed by atoms with van der Waals surface area (Å²) in [5, 5.41) is 0. The smallest absolute Gasteiger partial charge is 0.404 e. The lowest BCUT2D eigenvalue weighted by Crippen LogP contribution is -2.28. The zero-order chi connectivity index (χ0) is 14.0. The van der Waals surface area contributed by atoms with Crippen molar-refractivity contribution in [2.24, 2.45) is 0 Å². The molecule has 0 fully saturated rings. The van der Waals surface area contributed by atoms with Crippen LogP contribution in [0, 0.1) is 0 Å². The molecule has 0 heterocycles. The minimum atomic E-state index is -4.29. The zero-order valence-electron chi connectivity index (χ0n) is 10.5. The van der Waals surface area contributed by atoms with Gasteiger partial charge in [0, 0.05) is 0 Å². The number of alkyl halides is 4. The highest BCUT2D eigenvalue weighted by Crippen LogP contribution is 2.28. The van der Waals surface area contributed by atoms with E-state index in [1.54, 1.807) is 12.1 Å². The SMILES string of the molecule is CC(C)(C)c1ccc(OCC(Br)C(F)(F)F)cc1. The van der Waals surface area contributed by atoms with Gasteiger partial charge in [0.25, 0.3) is 0 Å². The molecule has 102 valence electrons. The quantitative estimate of drug-likeness (QED) is 0.733. The highest BCUT2D eigenvalue weighted by Gasteiger charge is 2.38. The largest absolute Gasteiger partial charge is 0.492 e. The molecule has 0 amide bonds. The average Bonchev–Trinajstić information content (AvgIpc) is 2.24. The van der Waals surface area contributed by atoms with E-state index >= 15 is 0 Å². The molecule has 0 saturated heterocycles. The van der Waals surface area contributed by atoms with Crippen LogP contribution in [0.15, 0.2) is 24.3 Å². The van der Waals surface area contributed by atoms with Gasteiger partial charge in [-0.15, -0.1) is 0 Å². The maximum Gasteiger partial charge on any atom is 0.404 e. The Morgan fingerprint density at radius 3 is 2.00 bits per heavy atom. The van der Waals surface area contributed by atoms with Crippen molar-refractivity contribution in [3.05, 3.63) is 29.8 Å². The van der Waals surface area contributed by atoms with Crippen LogP contribution in [-0.2, 0) is 5.41 Å². The van der Waals surface area contributed by atoms with Crippen molar-refractivity contribution in [1.29, 1.82) is 0 Å². The molecular formula is C13H16BrF3O. The fraction of sp³-hybridized carbons (Fsp3) is 0.538. The van der Waals surface area contributed by atoms with E-state index in [1.165, 1.54) is 0 Å². The number of benzene rings is 1. The third kappa shape index (κ3) is 4.52. The van der Waals surface area contributed by atoms with Gasteiger partial charge in [-0.25, -0.2) is 0 Å². The van der Waals surface area contributed by atoms with Gasteiger partial charge in [0.2, 0.25) is 0 Å². The van der Waals surface area contributed by atoms with E-state index in [-0.39, 0.29) is 5.41 Å². The van der Waals surface area contributed by atoms with Crippen molar-refractivity contribution in [3.63, 3.8) is 0 Å². The molecule has 0 aliphatic heterocycles. The van der Waals surface area contributed by atoms with Crippen molar-refractivity contribution in [2.45, 2.75) is 37.2 Å². The Morgan fingerprint density at radius 1 is 1.11 bits per heavy atom. The summed E-state index contributed by atoms with van der Waals surface area (Å²) in [6.45, 7) is 5.78. The van der Waals surface area contributed by atoms with Crippen LogP contribution in [0.1, 0.15) is 26.3 Å². The lowest BCUT2D eigenvalue weighted by Gasteiger charge is -2.19.